The van der Waals surface area contributed by atoms with Gasteiger partial charge >= 0.3 is 5.97 Å². The van der Waals surface area contributed by atoms with Gasteiger partial charge in [0, 0.05) is 12.5 Å². The summed E-state index contributed by atoms with van der Waals surface area (Å²) in [4.78, 5) is 21.2. The van der Waals surface area contributed by atoms with Crippen LogP contribution in [0.2, 0.25) is 0 Å². The lowest BCUT2D eigenvalue weighted by molar-refractivity contribution is -0.386. The van der Waals surface area contributed by atoms with Gasteiger partial charge in [-0.05, 0) is 12.5 Å². The summed E-state index contributed by atoms with van der Waals surface area (Å²) in [7, 11) is 0. The van der Waals surface area contributed by atoms with Crippen molar-refractivity contribution in [3.05, 3.63) is 39.9 Å². The van der Waals surface area contributed by atoms with Gasteiger partial charge in [0.15, 0.2) is 0 Å². The number of esters is 1. The lowest BCUT2D eigenvalue weighted by Gasteiger charge is -2.09. The monoisotopic (exact) mass is 207 g/mol. The maximum atomic E-state index is 10.9. The fraction of sp³-hybridized carbons (Fsp3) is 0.300. The van der Waals surface area contributed by atoms with Crippen molar-refractivity contribution in [2.75, 3.05) is 0 Å². The molecule has 1 heterocycles. The van der Waals surface area contributed by atoms with E-state index < -0.39 is 11.0 Å². The summed E-state index contributed by atoms with van der Waals surface area (Å²) < 4.78 is 4.99. The third-order valence-electron chi connectivity index (χ3n) is 2.36. The van der Waals surface area contributed by atoms with E-state index >= 15 is 0 Å². The van der Waals surface area contributed by atoms with Crippen LogP contribution in [0.25, 0.3) is 0 Å². The van der Waals surface area contributed by atoms with Crippen LogP contribution in [0.4, 0.5) is 5.69 Å². The zero-order valence-corrected chi connectivity index (χ0v) is 7.88. The number of nitro benzene ring substituents is 1. The summed E-state index contributed by atoms with van der Waals surface area (Å²) in [6, 6.07) is 6.34. The number of carbonyl (C=O) groups is 1. The molecule has 5 nitrogen and oxygen atoms in total. The predicted octanol–water partition coefficient (Wildman–Crippen LogP) is 1.97. The van der Waals surface area contributed by atoms with Gasteiger partial charge in [-0.15, -0.1) is 0 Å². The zero-order chi connectivity index (χ0) is 10.8. The highest BCUT2D eigenvalue weighted by molar-refractivity contribution is 5.72. The Bertz CT molecular complexity index is 416. The van der Waals surface area contributed by atoms with Crippen LogP contribution in [-0.2, 0) is 9.53 Å². The van der Waals surface area contributed by atoms with E-state index in [9.17, 15) is 14.9 Å². The van der Waals surface area contributed by atoms with E-state index in [2.05, 4.69) is 0 Å². The van der Waals surface area contributed by atoms with Gasteiger partial charge in [0.05, 0.1) is 10.5 Å². The minimum atomic E-state index is -0.459. The molecule has 1 unspecified atom stereocenters. The van der Waals surface area contributed by atoms with Crippen molar-refractivity contribution in [1.29, 1.82) is 0 Å². The quantitative estimate of drug-likeness (QED) is 0.422. The second-order valence-corrected chi connectivity index (χ2v) is 3.33. The van der Waals surface area contributed by atoms with Gasteiger partial charge in [0.1, 0.15) is 6.10 Å². The Morgan fingerprint density at radius 2 is 2.13 bits per heavy atom. The maximum absolute atomic E-state index is 10.9. The summed E-state index contributed by atoms with van der Waals surface area (Å²) in [6.07, 6.45) is 0.388. The fourth-order valence-electron chi connectivity index (χ4n) is 1.67. The second kappa shape index (κ2) is 3.68. The predicted molar refractivity (Wildman–Crippen MR) is 51.2 cm³/mol. The van der Waals surface area contributed by atoms with Crippen molar-refractivity contribution in [2.24, 2.45) is 0 Å². The molecule has 1 aromatic carbocycles. The first-order valence-electron chi connectivity index (χ1n) is 4.61. The van der Waals surface area contributed by atoms with E-state index in [4.69, 9.17) is 4.74 Å². The van der Waals surface area contributed by atoms with E-state index in [-0.39, 0.29) is 11.7 Å². The van der Waals surface area contributed by atoms with Crippen molar-refractivity contribution in [3.63, 3.8) is 0 Å². The van der Waals surface area contributed by atoms with Crippen LogP contribution < -0.4 is 0 Å². The highest BCUT2D eigenvalue weighted by Gasteiger charge is 2.29. The molecule has 0 aliphatic carbocycles. The lowest BCUT2D eigenvalue weighted by Crippen LogP contribution is -2.02. The largest absolute Gasteiger partial charge is 0.457 e. The number of benzene rings is 1. The molecule has 1 saturated heterocycles. The molecule has 0 bridgehead atoms. The molecular formula is C10H9NO4. The van der Waals surface area contributed by atoms with Crippen LogP contribution in [0.15, 0.2) is 24.3 Å². The van der Waals surface area contributed by atoms with Crippen LogP contribution in [0.5, 0.6) is 0 Å². The van der Waals surface area contributed by atoms with Crippen LogP contribution in [0.1, 0.15) is 24.5 Å². The zero-order valence-electron chi connectivity index (χ0n) is 7.88. The number of nitro groups is 1. The molecule has 0 spiro atoms. The first-order valence-corrected chi connectivity index (χ1v) is 4.61. The molecule has 0 N–H and O–H groups in total. The maximum Gasteiger partial charge on any atom is 0.306 e. The molecule has 1 aliphatic heterocycles. The topological polar surface area (TPSA) is 69.4 Å². The van der Waals surface area contributed by atoms with Crippen LogP contribution in [0, 0.1) is 10.1 Å². The second-order valence-electron chi connectivity index (χ2n) is 3.33. The smallest absolute Gasteiger partial charge is 0.306 e. The number of carbonyl (C=O) groups excluding carboxylic acids is 1. The van der Waals surface area contributed by atoms with Crippen LogP contribution in [-0.4, -0.2) is 10.9 Å². The number of nitrogens with zero attached hydrogens (tertiary/aromatic N) is 1. The molecule has 5 heteroatoms. The molecule has 0 saturated carbocycles. The first-order chi connectivity index (χ1) is 7.18. The Balaban J connectivity index is 2.35. The molecular weight excluding hydrogens is 198 g/mol. The van der Waals surface area contributed by atoms with Crippen LogP contribution in [0.3, 0.4) is 0 Å². The SMILES string of the molecule is O=C1CCC(c2ccccc2[N+](=O)[O-])O1. The minimum Gasteiger partial charge on any atom is -0.457 e. The summed E-state index contributed by atoms with van der Waals surface area (Å²) in [6.45, 7) is 0. The number of rotatable bonds is 2. The number of hydrogen-bond acceptors (Lipinski definition) is 4. The fourth-order valence-corrected chi connectivity index (χ4v) is 1.67. The third kappa shape index (κ3) is 1.81. The summed E-state index contributed by atoms with van der Waals surface area (Å²) in [5, 5.41) is 10.7. The van der Waals surface area contributed by atoms with E-state index in [0.29, 0.717) is 18.4 Å². The highest BCUT2D eigenvalue weighted by atomic mass is 16.6. The molecule has 15 heavy (non-hydrogen) atoms. The summed E-state index contributed by atoms with van der Waals surface area (Å²) in [5.74, 6) is -0.293. The molecule has 1 atom stereocenters. The molecule has 1 aromatic rings. The molecule has 78 valence electrons. The Hall–Kier alpha value is -1.91. The average molecular weight is 207 g/mol. The van der Waals surface area contributed by atoms with E-state index in [0.717, 1.165) is 0 Å². The Labute approximate surface area is 85.8 Å². The van der Waals surface area contributed by atoms with Gasteiger partial charge in [0.2, 0.25) is 0 Å². The van der Waals surface area contributed by atoms with Crippen molar-refractivity contribution >= 4 is 11.7 Å². The van der Waals surface area contributed by atoms with Crippen molar-refractivity contribution in [1.82, 2.24) is 0 Å². The number of hydrogen-bond donors (Lipinski definition) is 0. The number of cyclic esters (lactones) is 1. The van der Waals surface area contributed by atoms with Gasteiger partial charge < -0.3 is 4.74 Å². The molecule has 0 amide bonds. The van der Waals surface area contributed by atoms with Gasteiger partial charge in [-0.2, -0.15) is 0 Å². The minimum absolute atomic E-state index is 0.0113. The average Bonchev–Trinajstić information content (AvgIpc) is 2.65. The van der Waals surface area contributed by atoms with Gasteiger partial charge in [-0.1, -0.05) is 12.1 Å². The van der Waals surface area contributed by atoms with E-state index in [1.54, 1.807) is 18.2 Å². The number of para-hydroxylation sites is 1. The molecule has 0 aromatic heterocycles. The van der Waals surface area contributed by atoms with Crippen LogP contribution >= 0.6 is 0 Å². The summed E-state index contributed by atoms with van der Waals surface area (Å²) >= 11 is 0. The van der Waals surface area contributed by atoms with Gasteiger partial charge in [0.25, 0.3) is 5.69 Å². The molecule has 0 radical (unpaired) electrons. The molecule has 1 aliphatic rings. The Morgan fingerprint density at radius 1 is 1.40 bits per heavy atom. The highest BCUT2D eigenvalue weighted by Crippen LogP contribution is 2.34. The van der Waals surface area contributed by atoms with E-state index in [1.807, 2.05) is 0 Å². The number of ether oxygens (including phenoxy) is 1. The molecule has 2 rings (SSSR count). The summed E-state index contributed by atoms with van der Waals surface area (Å²) in [5.41, 5.74) is 0.491. The Morgan fingerprint density at radius 3 is 2.73 bits per heavy atom. The Kier molecular flexibility index (Phi) is 2.37. The van der Waals surface area contributed by atoms with Gasteiger partial charge in [-0.3, -0.25) is 14.9 Å². The van der Waals surface area contributed by atoms with Crippen molar-refractivity contribution in [3.8, 4) is 0 Å². The standard InChI is InChI=1S/C10H9NO4/c12-10-6-5-9(15-10)7-3-1-2-4-8(7)11(13)14/h1-4,9H,5-6H2. The third-order valence-corrected chi connectivity index (χ3v) is 2.36. The normalized spacial score (nSPS) is 20.0. The van der Waals surface area contributed by atoms with Crippen molar-refractivity contribution < 1.29 is 14.5 Å². The molecule has 1 fully saturated rings. The first kappa shape index (κ1) is 9.64. The van der Waals surface area contributed by atoms with Crippen molar-refractivity contribution in [2.45, 2.75) is 18.9 Å². The lowest BCUT2D eigenvalue weighted by atomic mass is 10.1. The van der Waals surface area contributed by atoms with Gasteiger partial charge in [-0.25, -0.2) is 0 Å². The van der Waals surface area contributed by atoms with E-state index in [1.165, 1.54) is 6.07 Å².